The minimum atomic E-state index is -0.646. The van der Waals surface area contributed by atoms with E-state index < -0.39 is 6.17 Å². The molecule has 0 aromatic carbocycles. The van der Waals surface area contributed by atoms with Gasteiger partial charge in [0.1, 0.15) is 6.17 Å². The molecule has 0 aromatic heterocycles. The van der Waals surface area contributed by atoms with Crippen LogP contribution in [-0.2, 0) is 4.79 Å². The first-order chi connectivity index (χ1) is 3.66. The largest absolute Gasteiger partial charge is 0.331 e. The van der Waals surface area contributed by atoms with Gasteiger partial charge in [0.15, 0.2) is 0 Å². The predicted molar refractivity (Wildman–Crippen MR) is 30.6 cm³/mol. The van der Waals surface area contributed by atoms with Crippen molar-refractivity contribution >= 4 is 5.91 Å². The Morgan fingerprint density at radius 3 is 2.62 bits per heavy atom. The second kappa shape index (κ2) is 3.05. The fraction of sp³-hybridized carbons (Fsp3) is 0.400. The summed E-state index contributed by atoms with van der Waals surface area (Å²) in [6, 6.07) is 0. The predicted octanol–water partition coefficient (Wildman–Crippen LogP) is -0.960. The first-order valence-corrected chi connectivity index (χ1v) is 2.15. The summed E-state index contributed by atoms with van der Waals surface area (Å²) in [7, 11) is 0. The van der Waals surface area contributed by atoms with Crippen LogP contribution in [0.15, 0.2) is 0 Å². The average molecular weight is 112 g/mol. The van der Waals surface area contributed by atoms with Gasteiger partial charge in [-0.05, 0) is 0 Å². The molecule has 1 unspecified atom stereocenters. The van der Waals surface area contributed by atoms with E-state index in [2.05, 4.69) is 11.2 Å². The number of carbonyl (C=O) groups is 1. The molecule has 3 heteroatoms. The Bertz CT molecular complexity index is 125. The molecule has 0 rings (SSSR count). The Morgan fingerprint density at radius 2 is 2.50 bits per heavy atom. The smallest absolute Gasteiger partial charge is 0.218 e. The molecule has 3 N–H and O–H groups in total. The highest BCUT2D eigenvalue weighted by atomic mass is 16.1. The fourth-order valence-corrected chi connectivity index (χ4v) is 0.261. The van der Waals surface area contributed by atoms with Gasteiger partial charge in [-0.25, -0.2) is 0 Å². The number of hydrogen-bond acceptors (Lipinski definition) is 2. The third-order valence-electron chi connectivity index (χ3n) is 0.538. The zero-order valence-electron chi connectivity index (χ0n) is 4.64. The van der Waals surface area contributed by atoms with E-state index in [-0.39, 0.29) is 5.91 Å². The second-order valence-electron chi connectivity index (χ2n) is 1.34. The van der Waals surface area contributed by atoms with E-state index in [0.717, 1.165) is 0 Å². The van der Waals surface area contributed by atoms with Crippen molar-refractivity contribution in [2.45, 2.75) is 13.1 Å². The van der Waals surface area contributed by atoms with Gasteiger partial charge in [-0.15, -0.1) is 6.42 Å². The monoisotopic (exact) mass is 112 g/mol. The fourth-order valence-electron chi connectivity index (χ4n) is 0.261. The summed E-state index contributed by atoms with van der Waals surface area (Å²) in [5, 5.41) is 2.30. The van der Waals surface area contributed by atoms with E-state index in [1.165, 1.54) is 6.92 Å². The van der Waals surface area contributed by atoms with Crippen LogP contribution in [0, 0.1) is 12.3 Å². The van der Waals surface area contributed by atoms with Crippen molar-refractivity contribution in [2.75, 3.05) is 0 Å². The zero-order valence-corrected chi connectivity index (χ0v) is 4.64. The molecule has 0 aliphatic carbocycles. The minimum Gasteiger partial charge on any atom is -0.331 e. The lowest BCUT2D eigenvalue weighted by atomic mass is 10.5. The molecular weight excluding hydrogens is 104 g/mol. The SMILES string of the molecule is C#CC(N)NC(C)=O. The topological polar surface area (TPSA) is 55.1 Å². The molecule has 0 spiro atoms. The van der Waals surface area contributed by atoms with Crippen molar-refractivity contribution in [3.05, 3.63) is 0 Å². The molecule has 0 aliphatic rings. The lowest BCUT2D eigenvalue weighted by Gasteiger charge is -2.01. The summed E-state index contributed by atoms with van der Waals surface area (Å²) in [5.74, 6) is 1.93. The molecule has 1 atom stereocenters. The number of rotatable bonds is 1. The highest BCUT2D eigenvalue weighted by molar-refractivity contribution is 5.73. The third kappa shape index (κ3) is 3.19. The number of carbonyl (C=O) groups excluding carboxylic acids is 1. The molecule has 0 aromatic rings. The molecule has 0 fully saturated rings. The van der Waals surface area contributed by atoms with Gasteiger partial charge in [-0.3, -0.25) is 4.79 Å². The second-order valence-corrected chi connectivity index (χ2v) is 1.34. The van der Waals surface area contributed by atoms with Gasteiger partial charge in [0.2, 0.25) is 5.91 Å². The summed E-state index contributed by atoms with van der Waals surface area (Å²) >= 11 is 0. The Labute approximate surface area is 48.2 Å². The van der Waals surface area contributed by atoms with Crippen LogP contribution < -0.4 is 11.1 Å². The van der Waals surface area contributed by atoms with E-state index in [1.807, 2.05) is 0 Å². The molecular formula is C5H8N2O. The van der Waals surface area contributed by atoms with E-state index >= 15 is 0 Å². The highest BCUT2D eigenvalue weighted by Crippen LogP contribution is 1.64. The van der Waals surface area contributed by atoms with Crippen molar-refractivity contribution in [1.82, 2.24) is 5.32 Å². The van der Waals surface area contributed by atoms with Crippen LogP contribution in [0.2, 0.25) is 0 Å². The van der Waals surface area contributed by atoms with E-state index in [1.54, 1.807) is 0 Å². The minimum absolute atomic E-state index is 0.213. The van der Waals surface area contributed by atoms with Crippen LogP contribution in [-0.4, -0.2) is 12.1 Å². The van der Waals surface area contributed by atoms with Crippen LogP contribution in [0.1, 0.15) is 6.92 Å². The number of terminal acetylenes is 1. The molecule has 1 amide bonds. The summed E-state index contributed by atoms with van der Waals surface area (Å²) in [6.07, 6.45) is 4.18. The highest BCUT2D eigenvalue weighted by Gasteiger charge is 1.94. The summed E-state index contributed by atoms with van der Waals surface area (Å²) in [4.78, 5) is 10.1. The quantitative estimate of drug-likeness (QED) is 0.339. The number of hydrogen-bond donors (Lipinski definition) is 2. The van der Waals surface area contributed by atoms with E-state index in [4.69, 9.17) is 12.2 Å². The van der Waals surface area contributed by atoms with Crippen molar-refractivity contribution < 1.29 is 4.79 Å². The molecule has 0 saturated heterocycles. The Kier molecular flexibility index (Phi) is 2.67. The molecule has 8 heavy (non-hydrogen) atoms. The maximum atomic E-state index is 10.1. The standard InChI is InChI=1S/C5H8N2O/c1-3-5(6)7-4(2)8/h1,5H,6H2,2H3,(H,7,8). The van der Waals surface area contributed by atoms with Crippen molar-refractivity contribution in [3.63, 3.8) is 0 Å². The van der Waals surface area contributed by atoms with Gasteiger partial charge in [0, 0.05) is 6.92 Å². The molecule has 3 nitrogen and oxygen atoms in total. The number of amides is 1. The van der Waals surface area contributed by atoms with Crippen LogP contribution in [0.4, 0.5) is 0 Å². The maximum Gasteiger partial charge on any atom is 0.218 e. The normalized spacial score (nSPS) is 11.6. The lowest BCUT2D eigenvalue weighted by Crippen LogP contribution is -2.38. The average Bonchev–Trinajstić information content (AvgIpc) is 1.65. The third-order valence-corrected chi connectivity index (χ3v) is 0.538. The van der Waals surface area contributed by atoms with Gasteiger partial charge >= 0.3 is 0 Å². The molecule has 0 bridgehead atoms. The van der Waals surface area contributed by atoms with E-state index in [9.17, 15) is 4.79 Å². The van der Waals surface area contributed by atoms with Crippen LogP contribution in [0.25, 0.3) is 0 Å². The zero-order chi connectivity index (χ0) is 6.57. The van der Waals surface area contributed by atoms with Gasteiger partial charge in [-0.1, -0.05) is 5.92 Å². The first kappa shape index (κ1) is 6.99. The molecule has 0 heterocycles. The van der Waals surface area contributed by atoms with Crippen LogP contribution in [0.3, 0.4) is 0 Å². The van der Waals surface area contributed by atoms with Crippen LogP contribution >= 0.6 is 0 Å². The molecule has 0 saturated carbocycles. The number of nitrogens with one attached hydrogen (secondary N) is 1. The molecule has 44 valence electrons. The van der Waals surface area contributed by atoms with Gasteiger partial charge in [0.25, 0.3) is 0 Å². The van der Waals surface area contributed by atoms with Gasteiger partial charge < -0.3 is 11.1 Å². The Morgan fingerprint density at radius 1 is 2.00 bits per heavy atom. The van der Waals surface area contributed by atoms with Crippen molar-refractivity contribution in [3.8, 4) is 12.3 Å². The maximum absolute atomic E-state index is 10.1. The summed E-state index contributed by atoms with van der Waals surface area (Å²) < 4.78 is 0. The Hall–Kier alpha value is -1.01. The van der Waals surface area contributed by atoms with Crippen molar-refractivity contribution in [1.29, 1.82) is 0 Å². The summed E-state index contributed by atoms with van der Waals surface area (Å²) in [5.41, 5.74) is 5.11. The molecule has 0 aliphatic heterocycles. The van der Waals surface area contributed by atoms with E-state index in [0.29, 0.717) is 0 Å². The van der Waals surface area contributed by atoms with Crippen LogP contribution in [0.5, 0.6) is 0 Å². The summed E-state index contributed by atoms with van der Waals surface area (Å²) in [6.45, 7) is 1.36. The van der Waals surface area contributed by atoms with Gasteiger partial charge in [-0.2, -0.15) is 0 Å². The lowest BCUT2D eigenvalue weighted by molar-refractivity contribution is -0.119. The Balaban J connectivity index is 3.43. The first-order valence-electron chi connectivity index (χ1n) is 2.15. The van der Waals surface area contributed by atoms with Gasteiger partial charge in [0.05, 0.1) is 0 Å². The number of nitrogens with two attached hydrogens (primary N) is 1. The molecule has 0 radical (unpaired) electrons. The van der Waals surface area contributed by atoms with Crippen molar-refractivity contribution in [2.24, 2.45) is 5.73 Å².